The summed E-state index contributed by atoms with van der Waals surface area (Å²) in [5.41, 5.74) is 1.92. The average molecular weight is 412 g/mol. The lowest BCUT2D eigenvalue weighted by atomic mass is 10.1. The maximum atomic E-state index is 13.5. The number of hydrogen-bond acceptors (Lipinski definition) is 5. The van der Waals surface area contributed by atoms with E-state index >= 15 is 0 Å². The number of ether oxygens (including phenoxy) is 1. The van der Waals surface area contributed by atoms with Gasteiger partial charge in [-0.05, 0) is 46.8 Å². The molecule has 0 radical (unpaired) electrons. The molecule has 8 nitrogen and oxygen atoms in total. The fraction of sp³-hybridized carbons (Fsp3) is 0.500. The van der Waals surface area contributed by atoms with Gasteiger partial charge in [0.1, 0.15) is 11.9 Å². The fourth-order valence-electron chi connectivity index (χ4n) is 4.18. The highest BCUT2D eigenvalue weighted by molar-refractivity contribution is 5.96. The molecule has 1 saturated heterocycles. The third kappa shape index (κ3) is 3.79. The molecule has 0 aliphatic carbocycles. The summed E-state index contributed by atoms with van der Waals surface area (Å²) in [6.07, 6.45) is 1.63. The minimum atomic E-state index is -0.622. The number of amides is 2. The van der Waals surface area contributed by atoms with Gasteiger partial charge in [-0.15, -0.1) is 0 Å². The number of benzene rings is 1. The Hall–Kier alpha value is -2.87. The van der Waals surface area contributed by atoms with Crippen LogP contribution in [0.4, 0.5) is 10.5 Å². The Kier molecular flexibility index (Phi) is 5.05. The number of fused-ring (bicyclic) bond motifs is 3. The van der Waals surface area contributed by atoms with E-state index in [1.807, 2.05) is 54.5 Å². The van der Waals surface area contributed by atoms with Crippen molar-refractivity contribution in [2.24, 2.45) is 0 Å². The van der Waals surface area contributed by atoms with Gasteiger partial charge >= 0.3 is 12.0 Å². The van der Waals surface area contributed by atoms with Gasteiger partial charge in [0, 0.05) is 25.2 Å². The molecular weight excluding hydrogens is 382 g/mol. The lowest BCUT2D eigenvalue weighted by Gasteiger charge is -2.40. The van der Waals surface area contributed by atoms with Crippen molar-refractivity contribution in [3.8, 4) is 5.69 Å². The molecule has 1 aromatic carbocycles. The molecular formula is C22H29N5O3. The highest BCUT2D eigenvalue weighted by Crippen LogP contribution is 2.34. The van der Waals surface area contributed by atoms with Crippen molar-refractivity contribution >= 4 is 17.7 Å². The van der Waals surface area contributed by atoms with Crippen LogP contribution in [0.2, 0.25) is 0 Å². The average Bonchev–Trinajstić information content (AvgIpc) is 3.09. The minimum Gasteiger partial charge on any atom is -0.455 e. The molecule has 30 heavy (non-hydrogen) atoms. The number of imidazole rings is 1. The first-order chi connectivity index (χ1) is 14.1. The van der Waals surface area contributed by atoms with Crippen LogP contribution >= 0.6 is 0 Å². The molecule has 0 spiro atoms. The second-order valence-corrected chi connectivity index (χ2v) is 9.14. The first kappa shape index (κ1) is 20.4. The van der Waals surface area contributed by atoms with E-state index < -0.39 is 11.6 Å². The first-order valence-electron chi connectivity index (χ1n) is 10.4. The summed E-state index contributed by atoms with van der Waals surface area (Å²) in [4.78, 5) is 34.2. The largest absolute Gasteiger partial charge is 0.455 e. The lowest BCUT2D eigenvalue weighted by Crippen LogP contribution is -2.58. The van der Waals surface area contributed by atoms with Gasteiger partial charge in [0.15, 0.2) is 5.69 Å². The van der Waals surface area contributed by atoms with Gasteiger partial charge in [0.2, 0.25) is 0 Å². The number of piperazine rings is 1. The molecule has 2 amide bonds. The van der Waals surface area contributed by atoms with E-state index in [-0.39, 0.29) is 30.4 Å². The highest BCUT2D eigenvalue weighted by Gasteiger charge is 2.35. The van der Waals surface area contributed by atoms with E-state index in [4.69, 9.17) is 4.74 Å². The van der Waals surface area contributed by atoms with Crippen LogP contribution in [0, 0.1) is 0 Å². The molecule has 2 aromatic rings. The zero-order valence-corrected chi connectivity index (χ0v) is 18.2. The number of para-hydroxylation sites is 2. The van der Waals surface area contributed by atoms with E-state index in [2.05, 4.69) is 24.1 Å². The van der Waals surface area contributed by atoms with Crippen LogP contribution in [-0.2, 0) is 11.3 Å². The number of urea groups is 1. The van der Waals surface area contributed by atoms with E-state index in [0.29, 0.717) is 18.8 Å². The number of anilines is 1. The molecule has 4 rings (SSSR count). The maximum Gasteiger partial charge on any atom is 0.359 e. The van der Waals surface area contributed by atoms with Crippen LogP contribution in [0.25, 0.3) is 5.69 Å². The van der Waals surface area contributed by atoms with Crippen molar-refractivity contribution in [1.29, 1.82) is 0 Å². The van der Waals surface area contributed by atoms with Crippen LogP contribution in [0.15, 0.2) is 30.6 Å². The van der Waals surface area contributed by atoms with E-state index in [1.54, 1.807) is 11.2 Å². The maximum absolute atomic E-state index is 13.5. The number of nitrogens with zero attached hydrogens (tertiary/aromatic N) is 4. The van der Waals surface area contributed by atoms with Crippen molar-refractivity contribution in [1.82, 2.24) is 19.8 Å². The van der Waals surface area contributed by atoms with Crippen molar-refractivity contribution < 1.29 is 14.3 Å². The number of hydrogen-bond donors (Lipinski definition) is 1. The lowest BCUT2D eigenvalue weighted by molar-refractivity contribution is 0.00619. The summed E-state index contributed by atoms with van der Waals surface area (Å²) in [6, 6.07) is 8.07. The van der Waals surface area contributed by atoms with Gasteiger partial charge < -0.3 is 15.0 Å². The number of carbonyl (C=O) groups is 2. The molecule has 1 fully saturated rings. The monoisotopic (exact) mass is 411 g/mol. The van der Waals surface area contributed by atoms with E-state index in [1.165, 1.54) is 0 Å². The minimum absolute atomic E-state index is 0.0646. The third-order valence-electron chi connectivity index (χ3n) is 5.26. The van der Waals surface area contributed by atoms with Crippen LogP contribution in [0.3, 0.4) is 0 Å². The molecule has 0 saturated carbocycles. The standard InChI is InChI=1S/C22H29N5O3/c1-14-10-25(11-15(2)24-14)21(29)26-12-18-19(20(28)30-22(3,4)5)23-13-27(18)17-9-7-6-8-16(17)26/h6-9,13-15,24H,10-12H2,1-5H3/t14-,15+. The quantitative estimate of drug-likeness (QED) is 0.730. The van der Waals surface area contributed by atoms with E-state index in [0.717, 1.165) is 11.4 Å². The van der Waals surface area contributed by atoms with Gasteiger partial charge in [0.25, 0.3) is 0 Å². The predicted octanol–water partition coefficient (Wildman–Crippen LogP) is 2.95. The van der Waals surface area contributed by atoms with Crippen LogP contribution < -0.4 is 10.2 Å². The van der Waals surface area contributed by atoms with E-state index in [9.17, 15) is 9.59 Å². The topological polar surface area (TPSA) is 79.7 Å². The van der Waals surface area contributed by atoms with Crippen LogP contribution in [-0.4, -0.2) is 57.2 Å². The molecule has 2 aliphatic heterocycles. The summed E-state index contributed by atoms with van der Waals surface area (Å²) in [5.74, 6) is -0.479. The first-order valence-corrected chi connectivity index (χ1v) is 10.4. The summed E-state index contributed by atoms with van der Waals surface area (Å²) in [6.45, 7) is 11.2. The number of carbonyl (C=O) groups excluding carboxylic acids is 2. The van der Waals surface area contributed by atoms with Crippen molar-refractivity contribution in [2.75, 3.05) is 18.0 Å². The Morgan fingerprint density at radius 3 is 2.37 bits per heavy atom. The molecule has 0 unspecified atom stereocenters. The number of aromatic nitrogens is 2. The highest BCUT2D eigenvalue weighted by atomic mass is 16.6. The van der Waals surface area contributed by atoms with Gasteiger partial charge in [-0.2, -0.15) is 0 Å². The predicted molar refractivity (Wildman–Crippen MR) is 114 cm³/mol. The van der Waals surface area contributed by atoms with Crippen LogP contribution in [0.5, 0.6) is 0 Å². The fourth-order valence-corrected chi connectivity index (χ4v) is 4.18. The van der Waals surface area contributed by atoms with Crippen LogP contribution in [0.1, 0.15) is 50.8 Å². The summed E-state index contributed by atoms with van der Waals surface area (Å²) < 4.78 is 7.42. The molecule has 8 heteroatoms. The normalized spacial score (nSPS) is 21.1. The molecule has 1 aromatic heterocycles. The number of nitrogens with one attached hydrogen (secondary N) is 1. The van der Waals surface area contributed by atoms with Gasteiger partial charge in [-0.3, -0.25) is 9.47 Å². The molecule has 2 aliphatic rings. The Morgan fingerprint density at radius 2 is 1.73 bits per heavy atom. The van der Waals surface area contributed by atoms with Gasteiger partial charge in [-0.1, -0.05) is 12.1 Å². The Bertz CT molecular complexity index is 967. The number of esters is 1. The van der Waals surface area contributed by atoms with Crippen molar-refractivity contribution in [3.05, 3.63) is 42.0 Å². The second kappa shape index (κ2) is 7.43. The van der Waals surface area contributed by atoms with Gasteiger partial charge in [0.05, 0.1) is 23.6 Å². The summed E-state index contributed by atoms with van der Waals surface area (Å²) >= 11 is 0. The molecule has 1 N–H and O–H groups in total. The van der Waals surface area contributed by atoms with Crippen molar-refractivity contribution in [2.45, 2.75) is 58.8 Å². The Morgan fingerprint density at radius 1 is 1.10 bits per heavy atom. The van der Waals surface area contributed by atoms with Crippen molar-refractivity contribution in [3.63, 3.8) is 0 Å². The Balaban J connectivity index is 1.70. The molecule has 3 heterocycles. The Labute approximate surface area is 176 Å². The summed E-state index contributed by atoms with van der Waals surface area (Å²) in [7, 11) is 0. The molecule has 2 atom stereocenters. The summed E-state index contributed by atoms with van der Waals surface area (Å²) in [5, 5.41) is 3.46. The second-order valence-electron chi connectivity index (χ2n) is 9.14. The SMILES string of the molecule is C[C@@H]1CN(C(=O)N2Cc3c(C(=O)OC(C)(C)C)ncn3-c3ccccc32)C[C@H](C)N1. The van der Waals surface area contributed by atoms with Gasteiger partial charge in [-0.25, -0.2) is 14.6 Å². The zero-order chi connectivity index (χ0) is 21.6. The third-order valence-corrected chi connectivity index (χ3v) is 5.26. The number of rotatable bonds is 1. The molecule has 0 bridgehead atoms. The smallest absolute Gasteiger partial charge is 0.359 e. The molecule has 160 valence electrons. The zero-order valence-electron chi connectivity index (χ0n) is 18.2.